The molecule has 1 saturated carbocycles. The van der Waals surface area contributed by atoms with Crippen LogP contribution in [0.3, 0.4) is 0 Å². The summed E-state index contributed by atoms with van der Waals surface area (Å²) in [4.78, 5) is 2.36. The van der Waals surface area contributed by atoms with Gasteiger partial charge in [0.15, 0.2) is 0 Å². The van der Waals surface area contributed by atoms with E-state index in [0.717, 1.165) is 18.1 Å². The van der Waals surface area contributed by atoms with Gasteiger partial charge in [-0.1, -0.05) is 29.8 Å². The van der Waals surface area contributed by atoms with Gasteiger partial charge in [-0.2, -0.15) is 0 Å². The van der Waals surface area contributed by atoms with Crippen LogP contribution in [0.25, 0.3) is 0 Å². The van der Waals surface area contributed by atoms with Gasteiger partial charge in [0.05, 0.1) is 0 Å². The van der Waals surface area contributed by atoms with Crippen LogP contribution in [0.4, 0.5) is 0 Å². The molecule has 1 aromatic rings. The van der Waals surface area contributed by atoms with Gasteiger partial charge in [0.1, 0.15) is 0 Å². The number of nitrogens with two attached hydrogens (primary N) is 1. The maximum atomic E-state index is 6.23. The summed E-state index contributed by atoms with van der Waals surface area (Å²) in [6.07, 6.45) is 2.53. The Bertz CT molecular complexity index is 388. The van der Waals surface area contributed by atoms with Crippen molar-refractivity contribution >= 4 is 11.6 Å². The summed E-state index contributed by atoms with van der Waals surface area (Å²) in [5.74, 6) is 0. The van der Waals surface area contributed by atoms with E-state index in [1.807, 2.05) is 18.2 Å². The van der Waals surface area contributed by atoms with E-state index in [4.69, 9.17) is 17.3 Å². The van der Waals surface area contributed by atoms with E-state index in [2.05, 4.69) is 24.9 Å². The molecule has 2 N–H and O–H groups in total. The Morgan fingerprint density at radius 3 is 2.59 bits per heavy atom. The molecule has 0 aliphatic heterocycles. The first-order chi connectivity index (χ1) is 8.08. The number of rotatable bonds is 5. The summed E-state index contributed by atoms with van der Waals surface area (Å²) < 4.78 is 0. The summed E-state index contributed by atoms with van der Waals surface area (Å²) in [6, 6.07) is 8.41. The Hall–Kier alpha value is -0.570. The van der Waals surface area contributed by atoms with Crippen molar-refractivity contribution in [1.29, 1.82) is 0 Å². The zero-order valence-electron chi connectivity index (χ0n) is 10.6. The molecule has 2 nitrogen and oxygen atoms in total. The minimum atomic E-state index is 0.340. The normalized spacial score (nSPS) is 19.4. The number of nitrogens with zero attached hydrogens (tertiary/aromatic N) is 1. The topological polar surface area (TPSA) is 29.3 Å². The summed E-state index contributed by atoms with van der Waals surface area (Å²) >= 11 is 6.23. The Morgan fingerprint density at radius 2 is 2.06 bits per heavy atom. The molecule has 0 amide bonds. The van der Waals surface area contributed by atoms with E-state index in [-0.39, 0.29) is 0 Å². The van der Waals surface area contributed by atoms with E-state index in [1.54, 1.807) is 0 Å². The van der Waals surface area contributed by atoms with Crippen molar-refractivity contribution in [3.05, 3.63) is 34.9 Å². The average molecular weight is 253 g/mol. The summed E-state index contributed by atoms with van der Waals surface area (Å²) in [6.45, 7) is 4.07. The van der Waals surface area contributed by atoms with Crippen LogP contribution in [0.15, 0.2) is 24.3 Å². The lowest BCUT2D eigenvalue weighted by Crippen LogP contribution is -2.33. The summed E-state index contributed by atoms with van der Waals surface area (Å²) in [7, 11) is 2.16. The SMILES string of the molecule is CC(c1ccccc1Cl)N(C)CC1(CN)CC1. The molecule has 0 radical (unpaired) electrons. The average Bonchev–Trinajstić information content (AvgIpc) is 3.09. The van der Waals surface area contributed by atoms with Gasteiger partial charge in [-0.3, -0.25) is 4.90 Å². The molecule has 1 aliphatic carbocycles. The molecule has 0 saturated heterocycles. The van der Waals surface area contributed by atoms with Crippen LogP contribution in [0.5, 0.6) is 0 Å². The second-order valence-corrected chi connectivity index (χ2v) is 5.72. The Labute approximate surface area is 109 Å². The smallest absolute Gasteiger partial charge is 0.0453 e. The van der Waals surface area contributed by atoms with Gasteiger partial charge in [-0.05, 0) is 50.4 Å². The first-order valence-electron chi connectivity index (χ1n) is 6.23. The molecule has 17 heavy (non-hydrogen) atoms. The molecular weight excluding hydrogens is 232 g/mol. The summed E-state index contributed by atoms with van der Waals surface area (Å²) in [5, 5.41) is 0.851. The fourth-order valence-corrected chi connectivity index (χ4v) is 2.61. The lowest BCUT2D eigenvalue weighted by Gasteiger charge is -2.29. The minimum Gasteiger partial charge on any atom is -0.330 e. The molecular formula is C14H21ClN2. The number of hydrogen-bond donors (Lipinski definition) is 1. The van der Waals surface area contributed by atoms with Gasteiger partial charge < -0.3 is 5.73 Å². The largest absolute Gasteiger partial charge is 0.330 e. The molecule has 1 atom stereocenters. The van der Waals surface area contributed by atoms with E-state index in [9.17, 15) is 0 Å². The third-order valence-corrected chi connectivity index (χ3v) is 4.34. The second kappa shape index (κ2) is 4.97. The van der Waals surface area contributed by atoms with Crippen LogP contribution in [0.1, 0.15) is 31.4 Å². The van der Waals surface area contributed by atoms with Crippen LogP contribution in [-0.4, -0.2) is 25.0 Å². The Kier molecular flexibility index (Phi) is 3.76. The van der Waals surface area contributed by atoms with E-state index < -0.39 is 0 Å². The first kappa shape index (κ1) is 12.9. The fraction of sp³-hybridized carbons (Fsp3) is 0.571. The molecule has 0 heterocycles. The van der Waals surface area contributed by atoms with Crippen molar-refractivity contribution in [2.45, 2.75) is 25.8 Å². The van der Waals surface area contributed by atoms with Gasteiger partial charge in [0.2, 0.25) is 0 Å². The van der Waals surface area contributed by atoms with Crippen molar-refractivity contribution in [3.8, 4) is 0 Å². The highest BCUT2D eigenvalue weighted by Gasteiger charge is 2.42. The standard InChI is InChI=1S/C14H21ClN2/c1-11(12-5-3-4-6-13(12)15)17(2)10-14(9-16)7-8-14/h3-6,11H,7-10,16H2,1-2H3. The zero-order chi connectivity index (χ0) is 12.5. The van der Waals surface area contributed by atoms with Crippen molar-refractivity contribution in [2.24, 2.45) is 11.1 Å². The molecule has 1 aliphatic rings. The van der Waals surface area contributed by atoms with Crippen LogP contribution < -0.4 is 5.73 Å². The van der Waals surface area contributed by atoms with Crippen LogP contribution in [-0.2, 0) is 0 Å². The third kappa shape index (κ3) is 2.82. The molecule has 1 unspecified atom stereocenters. The monoisotopic (exact) mass is 252 g/mol. The molecule has 94 valence electrons. The second-order valence-electron chi connectivity index (χ2n) is 5.32. The van der Waals surface area contributed by atoms with Gasteiger partial charge >= 0.3 is 0 Å². The van der Waals surface area contributed by atoms with Gasteiger partial charge in [0, 0.05) is 17.6 Å². The number of benzene rings is 1. The number of hydrogen-bond acceptors (Lipinski definition) is 2. The van der Waals surface area contributed by atoms with Crippen LogP contribution >= 0.6 is 11.6 Å². The zero-order valence-corrected chi connectivity index (χ0v) is 11.4. The highest BCUT2D eigenvalue weighted by Crippen LogP contribution is 2.46. The molecule has 3 heteroatoms. The van der Waals surface area contributed by atoms with Crippen molar-refractivity contribution in [1.82, 2.24) is 4.90 Å². The van der Waals surface area contributed by atoms with Gasteiger partial charge in [-0.25, -0.2) is 0 Å². The van der Waals surface area contributed by atoms with Gasteiger partial charge in [0.25, 0.3) is 0 Å². The molecule has 0 bridgehead atoms. The first-order valence-corrected chi connectivity index (χ1v) is 6.60. The Morgan fingerprint density at radius 1 is 1.41 bits per heavy atom. The van der Waals surface area contributed by atoms with Crippen molar-refractivity contribution in [2.75, 3.05) is 20.1 Å². The van der Waals surface area contributed by atoms with Crippen LogP contribution in [0, 0.1) is 5.41 Å². The molecule has 2 rings (SSSR count). The van der Waals surface area contributed by atoms with Crippen molar-refractivity contribution in [3.63, 3.8) is 0 Å². The minimum absolute atomic E-state index is 0.340. The third-order valence-electron chi connectivity index (χ3n) is 3.99. The lowest BCUT2D eigenvalue weighted by atomic mass is 10.0. The van der Waals surface area contributed by atoms with Crippen LogP contribution in [0.2, 0.25) is 5.02 Å². The highest BCUT2D eigenvalue weighted by molar-refractivity contribution is 6.31. The lowest BCUT2D eigenvalue weighted by molar-refractivity contribution is 0.212. The van der Waals surface area contributed by atoms with E-state index in [0.29, 0.717) is 11.5 Å². The Balaban J connectivity index is 2.04. The predicted octanol–water partition coefficient (Wildman–Crippen LogP) is 3.07. The van der Waals surface area contributed by atoms with Crippen molar-refractivity contribution < 1.29 is 0 Å². The molecule has 1 aromatic carbocycles. The van der Waals surface area contributed by atoms with E-state index in [1.165, 1.54) is 18.4 Å². The highest BCUT2D eigenvalue weighted by atomic mass is 35.5. The summed E-state index contributed by atoms with van der Waals surface area (Å²) in [5.41, 5.74) is 7.41. The predicted molar refractivity (Wildman–Crippen MR) is 73.2 cm³/mol. The number of halogens is 1. The maximum absolute atomic E-state index is 6.23. The molecule has 1 fully saturated rings. The fourth-order valence-electron chi connectivity index (χ4n) is 2.32. The molecule has 0 aromatic heterocycles. The molecule has 0 spiro atoms. The maximum Gasteiger partial charge on any atom is 0.0453 e. The van der Waals surface area contributed by atoms with Gasteiger partial charge in [-0.15, -0.1) is 0 Å². The van der Waals surface area contributed by atoms with E-state index >= 15 is 0 Å². The quantitative estimate of drug-likeness (QED) is 0.873.